The molecular weight excluding hydrogens is 212 g/mol. The smallest absolute Gasteiger partial charge is 0.303 e. The fourth-order valence-corrected chi connectivity index (χ4v) is 0.492. The van der Waals surface area contributed by atoms with Crippen LogP contribution >= 0.6 is 15.9 Å². The monoisotopic (exact) mass is 224 g/mol. The molecule has 4 heteroatoms. The van der Waals surface area contributed by atoms with Crippen LogP contribution in [0.25, 0.3) is 0 Å². The number of hydrogen-bond donors (Lipinski definition) is 0. The summed E-state index contributed by atoms with van der Waals surface area (Å²) in [6, 6.07) is 0. The number of alkyl halides is 1. The van der Waals surface area contributed by atoms with E-state index in [1.807, 2.05) is 0 Å². The van der Waals surface area contributed by atoms with Crippen LogP contribution in [0.1, 0.15) is 27.7 Å². The molecule has 1 unspecified atom stereocenters. The maximum atomic E-state index is 10.0. The summed E-state index contributed by atoms with van der Waals surface area (Å²) in [5.74, 6) is -0.0932. The third kappa shape index (κ3) is 42.6. The van der Waals surface area contributed by atoms with Crippen LogP contribution in [0, 0.1) is 0 Å². The van der Waals surface area contributed by atoms with E-state index in [1.54, 1.807) is 6.92 Å². The number of carbonyl (C=O) groups excluding carboxylic acids is 2. The molecule has 0 aromatic heterocycles. The third-order valence-electron chi connectivity index (χ3n) is 0.328. The summed E-state index contributed by atoms with van der Waals surface area (Å²) in [4.78, 5) is 19.4. The Morgan fingerprint density at radius 3 is 1.55 bits per heavy atom. The van der Waals surface area contributed by atoms with Crippen molar-refractivity contribution in [1.29, 1.82) is 0 Å². The predicted octanol–water partition coefficient (Wildman–Crippen LogP) is 1.89. The summed E-state index contributed by atoms with van der Waals surface area (Å²) in [5, 5.41) is -0.162. The minimum atomic E-state index is -0.260. The van der Waals surface area contributed by atoms with Crippen molar-refractivity contribution in [3.05, 3.63) is 0 Å². The zero-order chi connectivity index (χ0) is 9.44. The Labute approximate surface area is 75.2 Å². The molecule has 0 amide bonds. The Morgan fingerprint density at radius 1 is 1.27 bits per heavy atom. The van der Waals surface area contributed by atoms with Crippen LogP contribution in [0.5, 0.6) is 0 Å². The zero-order valence-electron chi connectivity index (χ0n) is 7.18. The van der Waals surface area contributed by atoms with E-state index in [-0.39, 0.29) is 16.8 Å². The molecule has 0 spiro atoms. The normalized spacial score (nSPS) is 10.6. The van der Waals surface area contributed by atoms with E-state index in [0.717, 1.165) is 0 Å². The van der Waals surface area contributed by atoms with Gasteiger partial charge in [0.1, 0.15) is 5.78 Å². The minimum Gasteiger partial charge on any atom is -0.451 e. The largest absolute Gasteiger partial charge is 0.451 e. The van der Waals surface area contributed by atoms with E-state index in [1.165, 1.54) is 20.8 Å². The summed E-state index contributed by atoms with van der Waals surface area (Å²) in [5.41, 5.74) is 0. The lowest BCUT2D eigenvalue weighted by atomic mass is 10.6. The van der Waals surface area contributed by atoms with Crippen LogP contribution in [0.4, 0.5) is 0 Å². The maximum absolute atomic E-state index is 10.0. The minimum absolute atomic E-state index is 0.162. The molecule has 0 aliphatic heterocycles. The lowest BCUT2D eigenvalue weighted by Gasteiger charge is -1.99. The molecule has 3 nitrogen and oxygen atoms in total. The van der Waals surface area contributed by atoms with E-state index in [9.17, 15) is 9.59 Å². The van der Waals surface area contributed by atoms with Gasteiger partial charge in [0.2, 0.25) is 0 Å². The van der Waals surface area contributed by atoms with E-state index in [2.05, 4.69) is 20.7 Å². The zero-order valence-corrected chi connectivity index (χ0v) is 8.77. The highest BCUT2D eigenvalue weighted by Crippen LogP contribution is 1.97. The van der Waals surface area contributed by atoms with Crippen LogP contribution in [0.15, 0.2) is 0 Å². The third-order valence-corrected chi connectivity index (χ3v) is 0.515. The van der Waals surface area contributed by atoms with Crippen molar-refractivity contribution in [3.63, 3.8) is 0 Å². The van der Waals surface area contributed by atoms with E-state index in [4.69, 9.17) is 0 Å². The number of carbonyl (C=O) groups is 2. The van der Waals surface area contributed by atoms with Gasteiger partial charge >= 0.3 is 5.97 Å². The molecule has 0 bridgehead atoms. The number of esters is 1. The average Bonchev–Trinajstić information content (AvgIpc) is 1.56. The fraction of sp³-hybridized carbons (Fsp3) is 0.714. The molecule has 0 rings (SSSR count). The number of ether oxygens (including phenoxy) is 1. The Bertz CT molecular complexity index is 128. The van der Waals surface area contributed by atoms with Gasteiger partial charge in [0.25, 0.3) is 0 Å². The van der Waals surface area contributed by atoms with Crippen LogP contribution in [0.2, 0.25) is 0 Å². The number of halogens is 1. The summed E-state index contributed by atoms with van der Waals surface area (Å²) in [6.45, 7) is 6.17. The summed E-state index contributed by atoms with van der Waals surface area (Å²) in [6.07, 6.45) is 0. The second-order valence-corrected chi connectivity index (χ2v) is 3.35. The van der Waals surface area contributed by atoms with Gasteiger partial charge in [-0.15, -0.1) is 0 Å². The van der Waals surface area contributed by atoms with E-state index >= 15 is 0 Å². The maximum Gasteiger partial charge on any atom is 0.303 e. The highest BCUT2D eigenvalue weighted by atomic mass is 79.9. The van der Waals surface area contributed by atoms with Gasteiger partial charge in [-0.1, -0.05) is 0 Å². The first-order chi connectivity index (χ1) is 4.86. The Balaban J connectivity index is 0. The molecule has 0 aromatic carbocycles. The molecule has 0 aliphatic rings. The quantitative estimate of drug-likeness (QED) is 0.505. The molecule has 0 aromatic rings. The molecule has 0 N–H and O–H groups in total. The molecular formula is C7H13BrO3. The Kier molecular flexibility index (Phi) is 9.29. The highest BCUT2D eigenvalue weighted by Gasteiger charge is 1.95. The van der Waals surface area contributed by atoms with Crippen molar-refractivity contribution in [2.75, 3.05) is 0 Å². The summed E-state index contributed by atoms with van der Waals surface area (Å²) in [7, 11) is 0. The first-order valence-corrected chi connectivity index (χ1v) is 4.06. The second-order valence-electron chi connectivity index (χ2n) is 2.06. The second kappa shape index (κ2) is 7.72. The van der Waals surface area contributed by atoms with Gasteiger partial charge in [-0.25, -0.2) is 0 Å². The molecule has 11 heavy (non-hydrogen) atoms. The van der Waals surface area contributed by atoms with E-state index < -0.39 is 0 Å². The molecule has 1 atom stereocenters. The standard InChI is InChI=1S/C4H7BrO2.C3H6O/c1-3(5)7-4(2)6;1-3(2)4/h3H,1-2H3;1-2H3. The molecule has 66 valence electrons. The SMILES string of the molecule is CC(=O)OC(C)Br.CC(C)=O. The Hall–Kier alpha value is -0.380. The van der Waals surface area contributed by atoms with Gasteiger partial charge in [-0.2, -0.15) is 0 Å². The van der Waals surface area contributed by atoms with E-state index in [0.29, 0.717) is 0 Å². The van der Waals surface area contributed by atoms with Gasteiger partial charge in [-0.3, -0.25) is 4.79 Å². The molecule has 0 aliphatic carbocycles. The summed E-state index contributed by atoms with van der Waals surface area (Å²) >= 11 is 3.03. The number of ketones is 1. The lowest BCUT2D eigenvalue weighted by Crippen LogP contribution is -2.03. The van der Waals surface area contributed by atoms with Gasteiger partial charge in [-0.05, 0) is 36.7 Å². The van der Waals surface area contributed by atoms with Gasteiger partial charge in [0.15, 0.2) is 5.01 Å². The molecule has 0 fully saturated rings. The number of Topliss-reactive ketones (excluding diaryl/α,β-unsaturated/α-hetero) is 1. The summed E-state index contributed by atoms with van der Waals surface area (Å²) < 4.78 is 4.53. The van der Waals surface area contributed by atoms with Crippen molar-refractivity contribution in [2.24, 2.45) is 0 Å². The van der Waals surface area contributed by atoms with Gasteiger partial charge in [0, 0.05) is 6.92 Å². The van der Waals surface area contributed by atoms with Crippen LogP contribution < -0.4 is 0 Å². The Morgan fingerprint density at radius 2 is 1.55 bits per heavy atom. The topological polar surface area (TPSA) is 43.4 Å². The fourth-order valence-electron chi connectivity index (χ4n) is 0.229. The number of rotatable bonds is 1. The molecule has 0 radical (unpaired) electrons. The molecule has 0 saturated carbocycles. The van der Waals surface area contributed by atoms with Crippen LogP contribution in [0.3, 0.4) is 0 Å². The highest BCUT2D eigenvalue weighted by molar-refractivity contribution is 9.09. The van der Waals surface area contributed by atoms with Crippen molar-refractivity contribution in [3.8, 4) is 0 Å². The first kappa shape index (κ1) is 13.2. The van der Waals surface area contributed by atoms with Crippen LogP contribution in [-0.4, -0.2) is 16.8 Å². The van der Waals surface area contributed by atoms with Gasteiger partial charge < -0.3 is 9.53 Å². The van der Waals surface area contributed by atoms with Crippen molar-refractivity contribution >= 4 is 27.7 Å². The average molecular weight is 225 g/mol. The first-order valence-electron chi connectivity index (χ1n) is 3.14. The van der Waals surface area contributed by atoms with Crippen LogP contribution in [-0.2, 0) is 14.3 Å². The molecule has 0 heterocycles. The van der Waals surface area contributed by atoms with Crippen molar-refractivity contribution in [2.45, 2.75) is 32.7 Å². The van der Waals surface area contributed by atoms with Gasteiger partial charge in [0.05, 0.1) is 0 Å². The van der Waals surface area contributed by atoms with Crippen molar-refractivity contribution in [1.82, 2.24) is 0 Å². The lowest BCUT2D eigenvalue weighted by molar-refractivity contribution is -0.141. The van der Waals surface area contributed by atoms with Crippen molar-refractivity contribution < 1.29 is 14.3 Å². The molecule has 0 saturated heterocycles. The number of hydrogen-bond acceptors (Lipinski definition) is 3. The predicted molar refractivity (Wildman–Crippen MR) is 46.5 cm³/mol.